The zero-order valence-corrected chi connectivity index (χ0v) is 16.4. The fourth-order valence-corrected chi connectivity index (χ4v) is 4.22. The molecule has 6 nitrogen and oxygen atoms in total. The summed E-state index contributed by atoms with van der Waals surface area (Å²) >= 11 is 1.43. The van der Waals surface area contributed by atoms with E-state index in [0.717, 1.165) is 4.88 Å². The van der Waals surface area contributed by atoms with Crippen molar-refractivity contribution in [2.45, 2.75) is 12.6 Å². The van der Waals surface area contributed by atoms with Crippen molar-refractivity contribution in [2.75, 3.05) is 7.11 Å². The molecule has 1 aliphatic rings. The summed E-state index contributed by atoms with van der Waals surface area (Å²) in [5.41, 5.74) is 1.15. The van der Waals surface area contributed by atoms with Gasteiger partial charge in [0.25, 0.3) is 11.7 Å². The summed E-state index contributed by atoms with van der Waals surface area (Å²) in [4.78, 5) is 32.3. The summed E-state index contributed by atoms with van der Waals surface area (Å²) < 4.78 is 5.21. The number of ketones is 1. The summed E-state index contributed by atoms with van der Waals surface area (Å²) in [6.45, 7) is 0.170. The number of hydrogen-bond acceptors (Lipinski definition) is 6. The van der Waals surface area contributed by atoms with E-state index >= 15 is 0 Å². The second-order valence-corrected chi connectivity index (χ2v) is 7.47. The Morgan fingerprint density at radius 3 is 2.72 bits per heavy atom. The van der Waals surface area contributed by atoms with Gasteiger partial charge >= 0.3 is 0 Å². The zero-order valence-electron chi connectivity index (χ0n) is 15.6. The number of rotatable bonds is 5. The molecule has 146 valence electrons. The first kappa shape index (κ1) is 18.9. The molecule has 4 rings (SSSR count). The molecule has 1 aliphatic heterocycles. The minimum atomic E-state index is -0.709. The highest BCUT2D eigenvalue weighted by atomic mass is 32.1. The number of hydrogen-bond donors (Lipinski definition) is 1. The number of aliphatic hydroxyl groups is 1. The van der Waals surface area contributed by atoms with Gasteiger partial charge < -0.3 is 14.7 Å². The Labute approximate surface area is 171 Å². The van der Waals surface area contributed by atoms with Gasteiger partial charge in [-0.3, -0.25) is 14.6 Å². The van der Waals surface area contributed by atoms with Crippen molar-refractivity contribution in [1.29, 1.82) is 0 Å². The molecular weight excluding hydrogens is 388 g/mol. The molecule has 1 N–H and O–H groups in total. The van der Waals surface area contributed by atoms with E-state index in [9.17, 15) is 14.7 Å². The first-order chi connectivity index (χ1) is 14.1. The van der Waals surface area contributed by atoms with E-state index in [2.05, 4.69) is 4.98 Å². The third kappa shape index (κ3) is 3.52. The van der Waals surface area contributed by atoms with Crippen molar-refractivity contribution in [2.24, 2.45) is 0 Å². The second-order valence-electron chi connectivity index (χ2n) is 6.50. The van der Waals surface area contributed by atoms with Crippen LogP contribution in [0.2, 0.25) is 0 Å². The van der Waals surface area contributed by atoms with Crippen molar-refractivity contribution in [1.82, 2.24) is 9.88 Å². The molecule has 0 saturated carbocycles. The highest BCUT2D eigenvalue weighted by Crippen LogP contribution is 2.41. The highest BCUT2D eigenvalue weighted by molar-refractivity contribution is 7.10. The molecule has 7 heteroatoms. The molecule has 1 aromatic carbocycles. The van der Waals surface area contributed by atoms with Gasteiger partial charge in [-0.25, -0.2) is 0 Å². The minimum Gasteiger partial charge on any atom is -0.507 e. The predicted molar refractivity (Wildman–Crippen MR) is 109 cm³/mol. The molecule has 0 spiro atoms. The Morgan fingerprint density at radius 2 is 2.03 bits per heavy atom. The molecule has 2 aromatic heterocycles. The van der Waals surface area contributed by atoms with Crippen LogP contribution < -0.4 is 4.74 Å². The van der Waals surface area contributed by atoms with Gasteiger partial charge in [0, 0.05) is 16.6 Å². The Hall–Kier alpha value is -3.45. The van der Waals surface area contributed by atoms with Crippen molar-refractivity contribution in [3.8, 4) is 5.75 Å². The topological polar surface area (TPSA) is 79.7 Å². The fraction of sp³-hybridized carbons (Fsp3) is 0.136. The Morgan fingerprint density at radius 1 is 1.17 bits per heavy atom. The number of aromatic nitrogens is 1. The van der Waals surface area contributed by atoms with Gasteiger partial charge in [0.15, 0.2) is 0 Å². The van der Waals surface area contributed by atoms with Crippen LogP contribution in [0.5, 0.6) is 5.75 Å². The SMILES string of the molecule is COc1cccc(/C(O)=C2/C(=O)C(=O)N(Cc3ccccn3)C2c2cccs2)c1. The van der Waals surface area contributed by atoms with Crippen molar-refractivity contribution in [3.05, 3.63) is 87.9 Å². The number of aliphatic hydroxyl groups excluding tert-OH is 1. The number of carbonyl (C=O) groups excluding carboxylic acids is 2. The minimum absolute atomic E-state index is 0.0710. The number of pyridine rings is 1. The average Bonchev–Trinajstić information content (AvgIpc) is 3.37. The molecule has 1 atom stereocenters. The maximum atomic E-state index is 12.9. The second kappa shape index (κ2) is 7.89. The third-order valence-electron chi connectivity index (χ3n) is 4.75. The van der Waals surface area contributed by atoms with Crippen LogP contribution in [0.1, 0.15) is 22.2 Å². The number of Topliss-reactive ketones (excluding diaryl/α,β-unsaturated/α-hetero) is 1. The van der Waals surface area contributed by atoms with Gasteiger partial charge in [0.2, 0.25) is 0 Å². The smallest absolute Gasteiger partial charge is 0.296 e. The Balaban J connectivity index is 1.83. The number of methoxy groups -OCH3 is 1. The average molecular weight is 406 g/mol. The van der Waals surface area contributed by atoms with Crippen LogP contribution in [0.15, 0.2) is 71.7 Å². The van der Waals surface area contributed by atoms with Gasteiger partial charge in [-0.2, -0.15) is 0 Å². The number of nitrogens with zero attached hydrogens (tertiary/aromatic N) is 2. The lowest BCUT2D eigenvalue weighted by molar-refractivity contribution is -0.140. The van der Waals surface area contributed by atoms with Crippen LogP contribution in [-0.2, 0) is 16.1 Å². The molecule has 0 radical (unpaired) electrons. The van der Waals surface area contributed by atoms with Gasteiger partial charge in [0.05, 0.1) is 24.9 Å². The fourth-order valence-electron chi connectivity index (χ4n) is 3.38. The van der Waals surface area contributed by atoms with Gasteiger partial charge in [0.1, 0.15) is 17.6 Å². The zero-order chi connectivity index (χ0) is 20.4. The summed E-state index contributed by atoms with van der Waals surface area (Å²) in [6.07, 6.45) is 1.64. The lowest BCUT2D eigenvalue weighted by atomic mass is 9.99. The van der Waals surface area contributed by atoms with E-state index < -0.39 is 17.7 Å². The van der Waals surface area contributed by atoms with E-state index in [0.29, 0.717) is 17.0 Å². The number of likely N-dealkylation sites (tertiary alicyclic amines) is 1. The summed E-state index contributed by atoms with van der Waals surface area (Å²) in [7, 11) is 1.52. The molecule has 29 heavy (non-hydrogen) atoms. The third-order valence-corrected chi connectivity index (χ3v) is 5.68. The van der Waals surface area contributed by atoms with E-state index in [1.54, 1.807) is 42.6 Å². The highest BCUT2D eigenvalue weighted by Gasteiger charge is 2.46. The van der Waals surface area contributed by atoms with Gasteiger partial charge in [-0.15, -0.1) is 11.3 Å². The molecule has 3 aromatic rings. The van der Waals surface area contributed by atoms with Crippen LogP contribution in [-0.4, -0.2) is 33.8 Å². The maximum Gasteiger partial charge on any atom is 0.296 e. The molecule has 0 bridgehead atoms. The number of benzene rings is 1. The van der Waals surface area contributed by atoms with Crippen molar-refractivity contribution < 1.29 is 19.4 Å². The quantitative estimate of drug-likeness (QED) is 0.396. The molecule has 1 amide bonds. The number of amides is 1. The molecule has 0 aliphatic carbocycles. The molecular formula is C22H18N2O4S. The Bertz CT molecular complexity index is 1080. The number of thiophene rings is 1. The van der Waals surface area contributed by atoms with Crippen LogP contribution in [0.25, 0.3) is 5.76 Å². The van der Waals surface area contributed by atoms with E-state index in [-0.39, 0.29) is 17.9 Å². The van der Waals surface area contributed by atoms with E-state index in [4.69, 9.17) is 4.74 Å². The van der Waals surface area contributed by atoms with Crippen LogP contribution in [0.3, 0.4) is 0 Å². The summed E-state index contributed by atoms with van der Waals surface area (Å²) in [6, 6.07) is 15.2. The maximum absolute atomic E-state index is 12.9. The largest absolute Gasteiger partial charge is 0.507 e. The van der Waals surface area contributed by atoms with Crippen LogP contribution in [0, 0.1) is 0 Å². The first-order valence-corrected chi connectivity index (χ1v) is 9.84. The van der Waals surface area contributed by atoms with E-state index in [1.165, 1.54) is 23.3 Å². The van der Waals surface area contributed by atoms with E-state index in [1.807, 2.05) is 23.6 Å². The molecule has 1 unspecified atom stereocenters. The molecule has 1 saturated heterocycles. The van der Waals surface area contributed by atoms with Gasteiger partial charge in [-0.1, -0.05) is 24.3 Å². The first-order valence-electron chi connectivity index (χ1n) is 8.96. The van der Waals surface area contributed by atoms with Crippen LogP contribution in [0.4, 0.5) is 0 Å². The summed E-state index contributed by atoms with van der Waals surface area (Å²) in [5, 5.41) is 12.9. The van der Waals surface area contributed by atoms with Gasteiger partial charge in [-0.05, 0) is 35.7 Å². The molecule has 3 heterocycles. The summed E-state index contributed by atoms with van der Waals surface area (Å²) in [5.74, 6) is -1.04. The monoisotopic (exact) mass is 406 g/mol. The predicted octanol–water partition coefficient (Wildman–Crippen LogP) is 3.77. The van der Waals surface area contributed by atoms with Crippen molar-refractivity contribution >= 4 is 28.8 Å². The normalized spacial score (nSPS) is 18.2. The standard InChI is InChI=1S/C22H18N2O4S/c1-28-16-8-4-6-14(12-16)20(25)18-19(17-9-5-11-29-17)24(22(27)21(18)26)13-15-7-2-3-10-23-15/h2-12,19,25H,13H2,1H3/b20-18-. The molecule has 1 fully saturated rings. The Kier molecular flexibility index (Phi) is 5.14. The lowest BCUT2D eigenvalue weighted by Gasteiger charge is -2.23. The number of ether oxygens (including phenoxy) is 1. The number of carbonyl (C=O) groups is 2. The van der Waals surface area contributed by atoms with Crippen molar-refractivity contribution in [3.63, 3.8) is 0 Å². The van der Waals surface area contributed by atoms with Crippen LogP contribution >= 0.6 is 11.3 Å². The lowest BCUT2D eigenvalue weighted by Crippen LogP contribution is -2.29.